The fourth-order valence-electron chi connectivity index (χ4n) is 3.65. The van der Waals surface area contributed by atoms with E-state index in [1.165, 1.54) is 0 Å². The number of hydrogen-bond donors (Lipinski definition) is 2. The molecule has 166 valence electrons. The molecule has 1 aliphatic rings. The predicted molar refractivity (Wildman–Crippen MR) is 120 cm³/mol. The first-order valence-corrected chi connectivity index (χ1v) is 10.5. The average molecular weight is 435 g/mol. The molecule has 0 spiro atoms. The number of nitrogens with one attached hydrogen (secondary N) is 1. The second kappa shape index (κ2) is 9.51. The number of pyridine rings is 1. The molecule has 3 heterocycles. The predicted octanol–water partition coefficient (Wildman–Crippen LogP) is 2.35. The molecule has 0 bridgehead atoms. The normalized spacial score (nSPS) is 15.9. The summed E-state index contributed by atoms with van der Waals surface area (Å²) in [6.07, 6.45) is 6.91. The van der Waals surface area contributed by atoms with Crippen LogP contribution in [0, 0.1) is 5.92 Å². The van der Waals surface area contributed by atoms with Crippen LogP contribution in [0.15, 0.2) is 55.0 Å². The Morgan fingerprint density at radius 2 is 2.00 bits per heavy atom. The van der Waals surface area contributed by atoms with Gasteiger partial charge in [-0.15, -0.1) is 0 Å². The number of nitrogens with zero attached hydrogens (tertiary/aromatic N) is 4. The van der Waals surface area contributed by atoms with Gasteiger partial charge in [-0.05, 0) is 49.2 Å². The van der Waals surface area contributed by atoms with Crippen molar-refractivity contribution in [2.75, 3.05) is 23.3 Å². The Morgan fingerprint density at radius 1 is 1.19 bits per heavy atom. The number of imidazole rings is 1. The summed E-state index contributed by atoms with van der Waals surface area (Å²) in [7, 11) is 1.91. The number of ether oxygens (including phenoxy) is 1. The van der Waals surface area contributed by atoms with Crippen LogP contribution in [0.25, 0.3) is 0 Å². The molecule has 0 saturated carbocycles. The van der Waals surface area contributed by atoms with Crippen LogP contribution in [0.5, 0.6) is 5.75 Å². The third-order valence-corrected chi connectivity index (χ3v) is 5.56. The molecule has 2 aromatic heterocycles. The van der Waals surface area contributed by atoms with Gasteiger partial charge in [-0.25, -0.2) is 9.97 Å². The Bertz CT molecular complexity index is 1080. The van der Waals surface area contributed by atoms with Crippen LogP contribution in [0.4, 0.5) is 11.5 Å². The van der Waals surface area contributed by atoms with Crippen molar-refractivity contribution >= 4 is 23.3 Å². The van der Waals surface area contributed by atoms with Crippen LogP contribution >= 0.6 is 0 Å². The van der Waals surface area contributed by atoms with E-state index in [9.17, 15) is 9.59 Å². The molecular weight excluding hydrogens is 408 g/mol. The van der Waals surface area contributed by atoms with Crippen LogP contribution in [0.3, 0.4) is 0 Å². The number of aromatic nitrogens is 3. The van der Waals surface area contributed by atoms with Crippen molar-refractivity contribution in [3.8, 4) is 5.75 Å². The Kier molecular flexibility index (Phi) is 6.34. The SMILES string of the molecule is Cn1ccnc1COc1ccc(C(=O)Nc2ccc(N3CCCC(C(N)=O)C3)nc2)cc1. The molecule has 1 aromatic carbocycles. The first kappa shape index (κ1) is 21.4. The summed E-state index contributed by atoms with van der Waals surface area (Å²) in [6.45, 7) is 1.75. The quantitative estimate of drug-likeness (QED) is 0.590. The van der Waals surface area contributed by atoms with E-state index in [4.69, 9.17) is 10.5 Å². The van der Waals surface area contributed by atoms with Gasteiger partial charge in [0.15, 0.2) is 0 Å². The maximum absolute atomic E-state index is 12.6. The highest BCUT2D eigenvalue weighted by atomic mass is 16.5. The lowest BCUT2D eigenvalue weighted by molar-refractivity contribution is -0.122. The standard InChI is InChI=1S/C23H26N6O3/c1-28-12-10-25-21(28)15-32-19-7-4-16(5-8-19)23(31)27-18-6-9-20(26-13-18)29-11-2-3-17(14-29)22(24)30/h4-10,12-13,17H,2-3,11,14-15H2,1H3,(H2,24,30)(H,27,31). The minimum atomic E-state index is -0.272. The van der Waals surface area contributed by atoms with Crippen LogP contribution in [-0.2, 0) is 18.4 Å². The number of hydrogen-bond acceptors (Lipinski definition) is 6. The molecule has 1 atom stereocenters. The summed E-state index contributed by atoms with van der Waals surface area (Å²) in [6, 6.07) is 10.6. The second-order valence-corrected chi connectivity index (χ2v) is 7.81. The number of benzene rings is 1. The Balaban J connectivity index is 1.32. The van der Waals surface area contributed by atoms with Crippen LogP contribution in [-0.4, -0.2) is 39.4 Å². The van der Waals surface area contributed by atoms with Gasteiger partial charge in [-0.1, -0.05) is 0 Å². The Labute approximate surface area is 186 Å². The zero-order valence-corrected chi connectivity index (χ0v) is 17.9. The molecule has 0 radical (unpaired) electrons. The zero-order chi connectivity index (χ0) is 22.5. The molecule has 32 heavy (non-hydrogen) atoms. The first-order valence-electron chi connectivity index (χ1n) is 10.5. The van der Waals surface area contributed by atoms with Gasteiger partial charge in [0.05, 0.1) is 17.8 Å². The summed E-state index contributed by atoms with van der Waals surface area (Å²) in [5, 5.41) is 2.85. The number of primary amides is 1. The monoisotopic (exact) mass is 434 g/mol. The van der Waals surface area contributed by atoms with Gasteiger partial charge in [-0.3, -0.25) is 9.59 Å². The molecule has 1 saturated heterocycles. The van der Waals surface area contributed by atoms with Crippen LogP contribution in [0.2, 0.25) is 0 Å². The summed E-state index contributed by atoms with van der Waals surface area (Å²) < 4.78 is 7.61. The minimum Gasteiger partial charge on any atom is -0.486 e. The van der Waals surface area contributed by atoms with Gasteiger partial charge in [-0.2, -0.15) is 0 Å². The molecule has 3 N–H and O–H groups in total. The molecule has 4 rings (SSSR count). The van der Waals surface area contributed by atoms with Crippen molar-refractivity contribution in [1.29, 1.82) is 0 Å². The van der Waals surface area contributed by atoms with Crippen molar-refractivity contribution in [3.05, 3.63) is 66.4 Å². The molecule has 3 aromatic rings. The van der Waals surface area contributed by atoms with Crippen molar-refractivity contribution in [3.63, 3.8) is 0 Å². The van der Waals surface area contributed by atoms with E-state index in [-0.39, 0.29) is 17.7 Å². The van der Waals surface area contributed by atoms with E-state index < -0.39 is 0 Å². The van der Waals surface area contributed by atoms with Gasteiger partial charge >= 0.3 is 0 Å². The Hall–Kier alpha value is -3.88. The number of anilines is 2. The molecule has 1 unspecified atom stereocenters. The van der Waals surface area contributed by atoms with E-state index in [2.05, 4.69) is 15.3 Å². The highest BCUT2D eigenvalue weighted by Gasteiger charge is 2.24. The number of rotatable bonds is 7. The largest absolute Gasteiger partial charge is 0.486 e. The molecule has 9 heteroatoms. The third-order valence-electron chi connectivity index (χ3n) is 5.56. The molecular formula is C23H26N6O3. The van der Waals surface area contributed by atoms with Crippen LogP contribution in [0.1, 0.15) is 29.0 Å². The minimum absolute atomic E-state index is 0.152. The van der Waals surface area contributed by atoms with Crippen LogP contribution < -0.4 is 20.7 Å². The molecule has 2 amide bonds. The summed E-state index contributed by atoms with van der Waals surface area (Å²) in [4.78, 5) is 34.8. The van der Waals surface area contributed by atoms with Crippen molar-refractivity contribution in [2.24, 2.45) is 18.7 Å². The van der Waals surface area contributed by atoms with Gasteiger partial charge in [0.2, 0.25) is 5.91 Å². The second-order valence-electron chi connectivity index (χ2n) is 7.81. The lowest BCUT2D eigenvalue weighted by Gasteiger charge is -2.32. The fourth-order valence-corrected chi connectivity index (χ4v) is 3.65. The highest BCUT2D eigenvalue weighted by Crippen LogP contribution is 2.23. The number of aryl methyl sites for hydroxylation is 1. The third kappa shape index (κ3) is 5.05. The van der Waals surface area contributed by atoms with E-state index in [1.54, 1.807) is 42.7 Å². The zero-order valence-electron chi connectivity index (χ0n) is 17.9. The number of amides is 2. The van der Waals surface area contributed by atoms with E-state index >= 15 is 0 Å². The maximum atomic E-state index is 12.6. The summed E-state index contributed by atoms with van der Waals surface area (Å²) in [5.74, 6) is 1.58. The number of nitrogens with two attached hydrogens (primary N) is 1. The fraction of sp³-hybridized carbons (Fsp3) is 0.304. The number of piperidine rings is 1. The topological polar surface area (TPSA) is 115 Å². The number of carbonyl (C=O) groups is 2. The highest BCUT2D eigenvalue weighted by molar-refractivity contribution is 6.04. The van der Waals surface area contributed by atoms with E-state index in [0.717, 1.165) is 31.0 Å². The van der Waals surface area contributed by atoms with E-state index in [1.807, 2.05) is 28.8 Å². The molecule has 1 fully saturated rings. The Morgan fingerprint density at radius 3 is 2.66 bits per heavy atom. The van der Waals surface area contributed by atoms with Crippen molar-refractivity contribution in [2.45, 2.75) is 19.4 Å². The summed E-state index contributed by atoms with van der Waals surface area (Å²) in [5.41, 5.74) is 6.56. The molecule has 0 aliphatic carbocycles. The summed E-state index contributed by atoms with van der Waals surface area (Å²) >= 11 is 0. The molecule has 1 aliphatic heterocycles. The lowest BCUT2D eigenvalue weighted by Crippen LogP contribution is -2.41. The maximum Gasteiger partial charge on any atom is 0.255 e. The average Bonchev–Trinajstić information content (AvgIpc) is 3.23. The van der Waals surface area contributed by atoms with Crippen molar-refractivity contribution in [1.82, 2.24) is 14.5 Å². The van der Waals surface area contributed by atoms with Crippen molar-refractivity contribution < 1.29 is 14.3 Å². The lowest BCUT2D eigenvalue weighted by atomic mass is 9.97. The molecule has 9 nitrogen and oxygen atoms in total. The van der Waals surface area contributed by atoms with Gasteiger partial charge < -0.3 is 25.3 Å². The number of carbonyl (C=O) groups excluding carboxylic acids is 2. The van der Waals surface area contributed by atoms with E-state index in [0.29, 0.717) is 30.2 Å². The first-order chi connectivity index (χ1) is 15.5. The van der Waals surface area contributed by atoms with Gasteiger partial charge in [0.1, 0.15) is 24.0 Å². The smallest absolute Gasteiger partial charge is 0.255 e. The van der Waals surface area contributed by atoms with Gasteiger partial charge in [0.25, 0.3) is 5.91 Å². The van der Waals surface area contributed by atoms with Gasteiger partial charge in [0, 0.05) is 38.1 Å².